The number of aldehydes is 1. The van der Waals surface area contributed by atoms with Crippen LogP contribution >= 0.6 is 0 Å². The number of hydrogen-bond acceptors (Lipinski definition) is 4. The number of aryl methyl sites for hydroxylation is 1. The summed E-state index contributed by atoms with van der Waals surface area (Å²) < 4.78 is 42.2. The molecule has 5 nitrogen and oxygen atoms in total. The zero-order chi connectivity index (χ0) is 13.3. The Morgan fingerprint density at radius 1 is 1.50 bits per heavy atom. The van der Waals surface area contributed by atoms with Crippen molar-refractivity contribution in [2.75, 3.05) is 0 Å². The molecule has 2 aromatic rings. The van der Waals surface area contributed by atoms with Gasteiger partial charge in [-0.25, -0.2) is 4.98 Å². The lowest BCUT2D eigenvalue weighted by Crippen LogP contribution is -2.17. The Balaban J connectivity index is 2.26. The number of carbonyl (C=O) groups is 1. The van der Waals surface area contributed by atoms with E-state index in [2.05, 4.69) is 10.1 Å². The van der Waals surface area contributed by atoms with Crippen molar-refractivity contribution in [3.05, 3.63) is 23.8 Å². The maximum absolute atomic E-state index is 12.1. The first kappa shape index (κ1) is 12.3. The first-order valence-corrected chi connectivity index (χ1v) is 4.91. The van der Waals surface area contributed by atoms with Crippen LogP contribution in [0.2, 0.25) is 0 Å². The van der Waals surface area contributed by atoms with Crippen molar-refractivity contribution in [1.82, 2.24) is 14.8 Å². The van der Waals surface area contributed by atoms with Crippen LogP contribution in [0.4, 0.5) is 13.2 Å². The Bertz CT molecular complexity index is 571. The van der Waals surface area contributed by atoms with E-state index in [1.54, 1.807) is 6.92 Å². The zero-order valence-electron chi connectivity index (χ0n) is 9.23. The van der Waals surface area contributed by atoms with Crippen LogP contribution in [-0.2, 0) is 6.54 Å². The molecule has 0 aromatic carbocycles. The lowest BCUT2D eigenvalue weighted by Gasteiger charge is -2.04. The monoisotopic (exact) mass is 259 g/mol. The fraction of sp³-hybridized carbons (Fsp3) is 0.300. The molecule has 96 valence electrons. The smallest absolute Gasteiger partial charge is 0.408 e. The fourth-order valence-electron chi connectivity index (χ4n) is 1.39. The maximum atomic E-state index is 12.1. The second-order valence-electron chi connectivity index (χ2n) is 3.63. The van der Waals surface area contributed by atoms with E-state index in [1.165, 1.54) is 6.20 Å². The van der Waals surface area contributed by atoms with Crippen molar-refractivity contribution >= 4 is 6.29 Å². The first-order valence-electron chi connectivity index (χ1n) is 4.91. The predicted octanol–water partition coefficient (Wildman–Crippen LogP) is 2.22. The molecule has 0 aliphatic carbocycles. The van der Waals surface area contributed by atoms with Crippen LogP contribution in [0, 0.1) is 6.92 Å². The molecular weight excluding hydrogens is 251 g/mol. The highest BCUT2D eigenvalue weighted by Crippen LogP contribution is 2.22. The van der Waals surface area contributed by atoms with E-state index in [0.717, 1.165) is 10.9 Å². The minimum absolute atomic E-state index is 0.0496. The molecule has 0 fully saturated rings. The van der Waals surface area contributed by atoms with Crippen molar-refractivity contribution in [2.45, 2.75) is 19.6 Å². The minimum atomic E-state index is -4.34. The highest BCUT2D eigenvalue weighted by Gasteiger charge is 2.28. The van der Waals surface area contributed by atoms with E-state index in [1.807, 2.05) is 0 Å². The number of hydrogen-bond donors (Lipinski definition) is 0. The SMILES string of the molecule is Cc1nc(-c2cnn(CC(F)(F)F)c2)oc1C=O. The number of alkyl halides is 3. The van der Waals surface area contributed by atoms with Crippen LogP contribution in [0.5, 0.6) is 0 Å². The molecule has 0 saturated heterocycles. The highest BCUT2D eigenvalue weighted by molar-refractivity contribution is 5.73. The van der Waals surface area contributed by atoms with Gasteiger partial charge in [0.25, 0.3) is 0 Å². The van der Waals surface area contributed by atoms with Crippen LogP contribution < -0.4 is 0 Å². The lowest BCUT2D eigenvalue weighted by molar-refractivity contribution is -0.142. The molecular formula is C10H8F3N3O2. The molecule has 8 heteroatoms. The summed E-state index contributed by atoms with van der Waals surface area (Å²) in [7, 11) is 0. The molecule has 0 aliphatic heterocycles. The van der Waals surface area contributed by atoms with Crippen LogP contribution in [0.25, 0.3) is 11.5 Å². The molecule has 0 N–H and O–H groups in total. The van der Waals surface area contributed by atoms with Gasteiger partial charge in [-0.15, -0.1) is 0 Å². The third kappa shape index (κ3) is 2.58. The van der Waals surface area contributed by atoms with Crippen molar-refractivity contribution < 1.29 is 22.4 Å². The summed E-state index contributed by atoms with van der Waals surface area (Å²) in [4.78, 5) is 14.5. The largest absolute Gasteiger partial charge is 0.433 e. The molecule has 0 aliphatic rings. The number of aromatic nitrogens is 3. The van der Waals surface area contributed by atoms with E-state index in [0.29, 0.717) is 12.0 Å². The average molecular weight is 259 g/mol. The van der Waals surface area contributed by atoms with E-state index in [-0.39, 0.29) is 17.2 Å². The summed E-state index contributed by atoms with van der Waals surface area (Å²) in [5, 5.41) is 3.55. The van der Waals surface area contributed by atoms with Gasteiger partial charge >= 0.3 is 6.18 Å². The summed E-state index contributed by atoms with van der Waals surface area (Å²) in [5.74, 6) is 0.122. The molecule has 18 heavy (non-hydrogen) atoms. The van der Waals surface area contributed by atoms with E-state index >= 15 is 0 Å². The normalized spacial score (nSPS) is 11.8. The maximum Gasteiger partial charge on any atom is 0.408 e. The molecule has 0 radical (unpaired) electrons. The predicted molar refractivity (Wildman–Crippen MR) is 53.9 cm³/mol. The van der Waals surface area contributed by atoms with Crippen molar-refractivity contribution in [2.24, 2.45) is 0 Å². The Labute approximate surface area is 99.2 Å². The van der Waals surface area contributed by atoms with Crippen LogP contribution in [-0.4, -0.2) is 27.2 Å². The van der Waals surface area contributed by atoms with E-state index in [4.69, 9.17) is 4.42 Å². The Morgan fingerprint density at radius 2 is 2.22 bits per heavy atom. The third-order valence-electron chi connectivity index (χ3n) is 2.16. The molecule has 0 unspecified atom stereocenters. The van der Waals surface area contributed by atoms with Gasteiger partial charge in [-0.05, 0) is 6.92 Å². The molecule has 2 aromatic heterocycles. The Kier molecular flexibility index (Phi) is 2.93. The zero-order valence-corrected chi connectivity index (χ0v) is 9.23. The summed E-state index contributed by atoms with van der Waals surface area (Å²) in [6.45, 7) is 0.379. The number of halogens is 3. The second kappa shape index (κ2) is 4.28. The van der Waals surface area contributed by atoms with Crippen molar-refractivity contribution in [3.63, 3.8) is 0 Å². The lowest BCUT2D eigenvalue weighted by atomic mass is 10.3. The molecule has 0 saturated carbocycles. The number of nitrogens with zero attached hydrogens (tertiary/aromatic N) is 3. The van der Waals surface area contributed by atoms with E-state index < -0.39 is 12.7 Å². The number of carbonyl (C=O) groups excluding carboxylic acids is 1. The summed E-state index contributed by atoms with van der Waals surface area (Å²) in [6.07, 6.45) is -1.49. The third-order valence-corrected chi connectivity index (χ3v) is 2.16. The summed E-state index contributed by atoms with van der Waals surface area (Å²) in [5.41, 5.74) is 0.666. The van der Waals surface area contributed by atoms with Gasteiger partial charge in [0.05, 0.1) is 17.5 Å². The van der Waals surface area contributed by atoms with Gasteiger partial charge in [-0.1, -0.05) is 0 Å². The molecule has 0 bridgehead atoms. The fourth-order valence-corrected chi connectivity index (χ4v) is 1.39. The number of rotatable bonds is 3. The Hall–Kier alpha value is -2.12. The Morgan fingerprint density at radius 3 is 2.78 bits per heavy atom. The van der Waals surface area contributed by atoms with Gasteiger partial charge in [0.1, 0.15) is 6.54 Å². The van der Waals surface area contributed by atoms with E-state index in [9.17, 15) is 18.0 Å². The second-order valence-corrected chi connectivity index (χ2v) is 3.63. The standard InChI is InChI=1S/C10H8F3N3O2/c1-6-8(4-17)18-9(15-6)7-2-14-16(3-7)5-10(11,12)13/h2-4H,5H2,1H3. The highest BCUT2D eigenvalue weighted by atomic mass is 19.4. The summed E-state index contributed by atoms with van der Waals surface area (Å²) in [6, 6.07) is 0. The van der Waals surface area contributed by atoms with Gasteiger partial charge in [0.15, 0.2) is 12.0 Å². The molecule has 0 amide bonds. The van der Waals surface area contributed by atoms with Gasteiger partial charge in [-0.3, -0.25) is 9.48 Å². The van der Waals surface area contributed by atoms with Gasteiger partial charge < -0.3 is 4.42 Å². The van der Waals surface area contributed by atoms with Gasteiger partial charge in [0, 0.05) is 6.20 Å². The molecule has 2 rings (SSSR count). The first-order chi connectivity index (χ1) is 8.39. The molecule has 2 heterocycles. The summed E-state index contributed by atoms with van der Waals surface area (Å²) >= 11 is 0. The topological polar surface area (TPSA) is 60.9 Å². The average Bonchev–Trinajstić information content (AvgIpc) is 2.82. The minimum Gasteiger partial charge on any atom is -0.433 e. The quantitative estimate of drug-likeness (QED) is 0.793. The van der Waals surface area contributed by atoms with Crippen LogP contribution in [0.15, 0.2) is 16.8 Å². The van der Waals surface area contributed by atoms with Crippen molar-refractivity contribution in [1.29, 1.82) is 0 Å². The number of oxazole rings is 1. The van der Waals surface area contributed by atoms with Crippen molar-refractivity contribution in [3.8, 4) is 11.5 Å². The molecule has 0 atom stereocenters. The van der Waals surface area contributed by atoms with Crippen LogP contribution in [0.3, 0.4) is 0 Å². The van der Waals surface area contributed by atoms with Gasteiger partial charge in [0.2, 0.25) is 5.89 Å². The molecule has 0 spiro atoms. The van der Waals surface area contributed by atoms with Crippen LogP contribution in [0.1, 0.15) is 16.2 Å². The van der Waals surface area contributed by atoms with Gasteiger partial charge in [-0.2, -0.15) is 18.3 Å².